The second-order valence-electron chi connectivity index (χ2n) is 6.87. The van der Waals surface area contributed by atoms with Gasteiger partial charge in [0.05, 0.1) is 15.6 Å². The summed E-state index contributed by atoms with van der Waals surface area (Å²) in [5.74, 6) is 0.628. The number of rotatable bonds is 6. The summed E-state index contributed by atoms with van der Waals surface area (Å²) in [4.78, 5) is 23.7. The van der Waals surface area contributed by atoms with Crippen LogP contribution in [0.5, 0.6) is 5.75 Å². The van der Waals surface area contributed by atoms with Crippen LogP contribution in [0.15, 0.2) is 76.9 Å². The van der Waals surface area contributed by atoms with Crippen molar-refractivity contribution in [2.24, 2.45) is 4.99 Å². The van der Waals surface area contributed by atoms with Crippen molar-refractivity contribution in [1.82, 2.24) is 9.88 Å². The Kier molecular flexibility index (Phi) is 7.15. The maximum absolute atomic E-state index is 12.9. The van der Waals surface area contributed by atoms with Crippen LogP contribution >= 0.6 is 35.0 Å². The van der Waals surface area contributed by atoms with Crippen molar-refractivity contribution >= 4 is 57.8 Å². The van der Waals surface area contributed by atoms with E-state index in [0.717, 1.165) is 16.9 Å². The molecule has 0 N–H and O–H groups in total. The maximum Gasteiger partial charge on any atom is 0.266 e. The van der Waals surface area contributed by atoms with Crippen molar-refractivity contribution < 1.29 is 9.53 Å². The zero-order valence-electron chi connectivity index (χ0n) is 17.2. The van der Waals surface area contributed by atoms with E-state index in [0.29, 0.717) is 39.0 Å². The fraction of sp³-hybridized carbons (Fsp3) is 0.125. The van der Waals surface area contributed by atoms with E-state index in [2.05, 4.69) is 9.98 Å². The van der Waals surface area contributed by atoms with Crippen LogP contribution in [-0.4, -0.2) is 27.5 Å². The molecule has 1 amide bonds. The van der Waals surface area contributed by atoms with Crippen LogP contribution in [0.4, 0.5) is 5.69 Å². The number of ether oxygens (including phenoxy) is 1. The summed E-state index contributed by atoms with van der Waals surface area (Å²) < 4.78 is 5.90. The molecule has 0 atom stereocenters. The quantitative estimate of drug-likeness (QED) is 0.371. The third kappa shape index (κ3) is 5.33. The molecule has 1 aliphatic heterocycles. The van der Waals surface area contributed by atoms with Gasteiger partial charge in [0.15, 0.2) is 5.17 Å². The Labute approximate surface area is 200 Å². The first-order chi connectivity index (χ1) is 15.5. The van der Waals surface area contributed by atoms with Crippen LogP contribution in [0.3, 0.4) is 0 Å². The molecule has 0 unspecified atom stereocenters. The third-order valence-electron chi connectivity index (χ3n) is 4.65. The van der Waals surface area contributed by atoms with Crippen LogP contribution < -0.4 is 4.74 Å². The number of hydrogen-bond donors (Lipinski definition) is 0. The fourth-order valence-electron chi connectivity index (χ4n) is 3.02. The van der Waals surface area contributed by atoms with Gasteiger partial charge in [-0.25, -0.2) is 4.99 Å². The number of amidine groups is 1. The Bertz CT molecular complexity index is 1200. The number of nitrogens with zero attached hydrogens (tertiary/aromatic N) is 3. The van der Waals surface area contributed by atoms with Crippen LogP contribution in [0.2, 0.25) is 10.0 Å². The highest BCUT2D eigenvalue weighted by Crippen LogP contribution is 2.35. The van der Waals surface area contributed by atoms with Gasteiger partial charge in [-0.15, -0.1) is 0 Å². The van der Waals surface area contributed by atoms with Gasteiger partial charge in [0.1, 0.15) is 12.4 Å². The molecule has 4 rings (SSSR count). The number of thioether (sulfide) groups is 1. The number of aliphatic imine (C=N–C) groups is 1. The lowest BCUT2D eigenvalue weighted by Gasteiger charge is -2.12. The van der Waals surface area contributed by atoms with Crippen LogP contribution in [0.1, 0.15) is 18.1 Å². The molecule has 8 heteroatoms. The predicted octanol–water partition coefficient (Wildman–Crippen LogP) is 6.59. The standard InChI is InChI=1S/C24H19Cl2N3O2S/c1-2-29-23(30)22(32-24(29)28-21-10-11-27-14-20(21)26)13-17-4-3-5-19(12-17)31-15-16-6-8-18(25)9-7-16/h3-14H,2,15H2,1H3/b22-13-,28-24?. The third-order valence-corrected chi connectivity index (χ3v) is 6.20. The number of halogens is 2. The maximum atomic E-state index is 12.9. The van der Waals surface area contributed by atoms with Gasteiger partial charge in [-0.1, -0.05) is 47.5 Å². The minimum absolute atomic E-state index is 0.0890. The fourth-order valence-corrected chi connectivity index (χ4v) is 4.37. The zero-order valence-corrected chi connectivity index (χ0v) is 19.5. The summed E-state index contributed by atoms with van der Waals surface area (Å²) in [5.41, 5.74) is 2.47. The summed E-state index contributed by atoms with van der Waals surface area (Å²) in [6, 6.07) is 16.9. The Morgan fingerprint density at radius 2 is 1.97 bits per heavy atom. The van der Waals surface area contributed by atoms with Crippen LogP contribution in [0.25, 0.3) is 6.08 Å². The van der Waals surface area contributed by atoms with Crippen molar-refractivity contribution in [2.75, 3.05) is 6.54 Å². The normalized spacial score (nSPS) is 16.2. The lowest BCUT2D eigenvalue weighted by atomic mass is 10.2. The Morgan fingerprint density at radius 3 is 2.72 bits per heavy atom. The molecule has 3 aromatic rings. The molecule has 0 radical (unpaired) electrons. The SMILES string of the molecule is CCN1C(=O)/C(=C/c2cccc(OCc3ccc(Cl)cc3)c2)SC1=Nc1ccncc1Cl. The molecule has 162 valence electrons. The number of carbonyl (C=O) groups is 1. The molecule has 0 aliphatic carbocycles. The summed E-state index contributed by atoms with van der Waals surface area (Å²) in [5, 5.41) is 1.72. The first-order valence-corrected chi connectivity index (χ1v) is 11.5. The van der Waals surface area contributed by atoms with Crippen LogP contribution in [0, 0.1) is 0 Å². The topological polar surface area (TPSA) is 54.8 Å². The molecule has 2 aromatic carbocycles. The molecule has 0 spiro atoms. The predicted molar refractivity (Wildman–Crippen MR) is 132 cm³/mol. The lowest BCUT2D eigenvalue weighted by molar-refractivity contribution is -0.122. The van der Waals surface area contributed by atoms with E-state index in [9.17, 15) is 4.79 Å². The van der Waals surface area contributed by atoms with E-state index in [1.165, 1.54) is 18.0 Å². The van der Waals surface area contributed by atoms with E-state index in [1.807, 2.05) is 61.5 Å². The smallest absolute Gasteiger partial charge is 0.266 e. The lowest BCUT2D eigenvalue weighted by Crippen LogP contribution is -2.28. The molecule has 1 saturated heterocycles. The van der Waals surface area contributed by atoms with E-state index in [-0.39, 0.29) is 5.91 Å². The van der Waals surface area contributed by atoms with E-state index >= 15 is 0 Å². The Morgan fingerprint density at radius 1 is 1.16 bits per heavy atom. The van der Waals surface area contributed by atoms with Gasteiger partial charge in [0.25, 0.3) is 5.91 Å². The molecule has 1 aliphatic rings. The summed E-state index contributed by atoms with van der Waals surface area (Å²) in [6.45, 7) is 2.85. The number of amides is 1. The monoisotopic (exact) mass is 483 g/mol. The van der Waals surface area contributed by atoms with E-state index in [1.54, 1.807) is 17.2 Å². The molecular weight excluding hydrogens is 465 g/mol. The first kappa shape index (κ1) is 22.4. The Hall–Kier alpha value is -2.80. The van der Waals surface area contributed by atoms with Gasteiger partial charge in [-0.3, -0.25) is 14.7 Å². The van der Waals surface area contributed by atoms with E-state index < -0.39 is 0 Å². The second kappa shape index (κ2) is 10.2. The highest BCUT2D eigenvalue weighted by Gasteiger charge is 2.32. The van der Waals surface area contributed by atoms with Gasteiger partial charge in [0.2, 0.25) is 0 Å². The number of benzene rings is 2. The molecule has 1 aromatic heterocycles. The number of aromatic nitrogens is 1. The number of carbonyl (C=O) groups excluding carboxylic acids is 1. The van der Waals surface area contributed by atoms with Crippen molar-refractivity contribution in [1.29, 1.82) is 0 Å². The molecule has 0 saturated carbocycles. The molecule has 5 nitrogen and oxygen atoms in total. The van der Waals surface area contributed by atoms with Gasteiger partial charge in [-0.05, 0) is 66.2 Å². The highest BCUT2D eigenvalue weighted by molar-refractivity contribution is 8.18. The number of likely N-dealkylation sites (N-methyl/N-ethyl adjacent to an activating group) is 1. The number of hydrogen-bond acceptors (Lipinski definition) is 5. The minimum atomic E-state index is -0.0890. The molecular formula is C24H19Cl2N3O2S. The highest BCUT2D eigenvalue weighted by atomic mass is 35.5. The van der Waals surface area contributed by atoms with Gasteiger partial charge in [0, 0.05) is 24.0 Å². The average molecular weight is 484 g/mol. The second-order valence-corrected chi connectivity index (χ2v) is 8.72. The minimum Gasteiger partial charge on any atom is -0.489 e. The molecule has 32 heavy (non-hydrogen) atoms. The number of pyridine rings is 1. The van der Waals surface area contributed by atoms with Crippen LogP contribution in [-0.2, 0) is 11.4 Å². The van der Waals surface area contributed by atoms with E-state index in [4.69, 9.17) is 27.9 Å². The van der Waals surface area contributed by atoms with Gasteiger partial charge in [-0.2, -0.15) is 0 Å². The summed E-state index contributed by atoms with van der Waals surface area (Å²) >= 11 is 13.4. The average Bonchev–Trinajstić information content (AvgIpc) is 3.09. The Balaban J connectivity index is 1.53. The van der Waals surface area contributed by atoms with Crippen molar-refractivity contribution in [3.63, 3.8) is 0 Å². The van der Waals surface area contributed by atoms with Crippen molar-refractivity contribution in [3.05, 3.63) is 93.1 Å². The zero-order chi connectivity index (χ0) is 22.5. The summed E-state index contributed by atoms with van der Waals surface area (Å²) in [6.07, 6.45) is 5.00. The summed E-state index contributed by atoms with van der Waals surface area (Å²) in [7, 11) is 0. The van der Waals surface area contributed by atoms with Gasteiger partial charge >= 0.3 is 0 Å². The first-order valence-electron chi connectivity index (χ1n) is 9.90. The molecule has 1 fully saturated rings. The molecule has 0 bridgehead atoms. The van der Waals surface area contributed by atoms with Gasteiger partial charge < -0.3 is 4.74 Å². The largest absolute Gasteiger partial charge is 0.489 e. The van der Waals surface area contributed by atoms with Crippen molar-refractivity contribution in [3.8, 4) is 5.75 Å². The van der Waals surface area contributed by atoms with Crippen molar-refractivity contribution in [2.45, 2.75) is 13.5 Å². The molecule has 2 heterocycles.